The highest BCUT2D eigenvalue weighted by Crippen LogP contribution is 2.18. The minimum atomic E-state index is -0.311. The van der Waals surface area contributed by atoms with Gasteiger partial charge in [-0.05, 0) is 31.0 Å². The minimum Gasteiger partial charge on any atom is -0.385 e. The number of benzene rings is 1. The number of rotatable bonds is 6. The summed E-state index contributed by atoms with van der Waals surface area (Å²) in [6.45, 7) is 1.48. The van der Waals surface area contributed by atoms with E-state index < -0.39 is 0 Å². The fraction of sp³-hybridized carbons (Fsp3) is 0.455. The summed E-state index contributed by atoms with van der Waals surface area (Å²) in [7, 11) is 1.67. The molecule has 0 aromatic heterocycles. The van der Waals surface area contributed by atoms with Crippen LogP contribution in [0.5, 0.6) is 0 Å². The van der Waals surface area contributed by atoms with E-state index in [1.54, 1.807) is 19.2 Å². The summed E-state index contributed by atoms with van der Waals surface area (Å²) in [6.07, 6.45) is 1.93. The van der Waals surface area contributed by atoms with E-state index in [4.69, 9.17) is 16.3 Å². The molecule has 1 aromatic rings. The van der Waals surface area contributed by atoms with Crippen LogP contribution in [-0.4, -0.2) is 20.3 Å². The van der Waals surface area contributed by atoms with Crippen molar-refractivity contribution in [2.24, 2.45) is 0 Å². The van der Waals surface area contributed by atoms with Gasteiger partial charge < -0.3 is 10.1 Å². The topological polar surface area (TPSA) is 21.3 Å². The Hall–Kier alpha value is -0.800. The molecule has 0 spiro atoms. The third-order valence-electron chi connectivity index (χ3n) is 2.02. The average molecular weight is 232 g/mol. The number of anilines is 1. The maximum Gasteiger partial charge on any atom is 0.147 e. The van der Waals surface area contributed by atoms with Crippen LogP contribution >= 0.6 is 11.6 Å². The normalized spacial score (nSPS) is 10.3. The summed E-state index contributed by atoms with van der Waals surface area (Å²) < 4.78 is 18.2. The summed E-state index contributed by atoms with van der Waals surface area (Å²) in [5.74, 6) is -0.311. The first kappa shape index (κ1) is 12.3. The van der Waals surface area contributed by atoms with Crippen molar-refractivity contribution in [1.29, 1.82) is 0 Å². The molecule has 1 aromatic carbocycles. The van der Waals surface area contributed by atoms with Gasteiger partial charge >= 0.3 is 0 Å². The Morgan fingerprint density at radius 2 is 2.20 bits per heavy atom. The van der Waals surface area contributed by atoms with Crippen LogP contribution in [0.3, 0.4) is 0 Å². The van der Waals surface area contributed by atoms with Gasteiger partial charge in [0.2, 0.25) is 0 Å². The van der Waals surface area contributed by atoms with Gasteiger partial charge in [0, 0.05) is 25.3 Å². The number of ether oxygens (including phenoxy) is 1. The first-order chi connectivity index (χ1) is 7.24. The molecule has 0 amide bonds. The van der Waals surface area contributed by atoms with Gasteiger partial charge in [-0.3, -0.25) is 0 Å². The lowest BCUT2D eigenvalue weighted by molar-refractivity contribution is 0.194. The third-order valence-corrected chi connectivity index (χ3v) is 2.26. The second kappa shape index (κ2) is 6.64. The second-order valence-corrected chi connectivity index (χ2v) is 3.69. The van der Waals surface area contributed by atoms with Crippen molar-refractivity contribution in [3.05, 3.63) is 29.0 Å². The number of hydrogen-bond acceptors (Lipinski definition) is 2. The molecule has 0 bridgehead atoms. The standard InChI is InChI=1S/C11H15ClFNO/c1-15-7-3-2-6-14-11-5-4-9(12)8-10(11)13/h4-5,8,14H,2-3,6-7H2,1H3. The molecule has 0 aliphatic rings. The summed E-state index contributed by atoms with van der Waals surface area (Å²) in [5, 5.41) is 3.42. The number of nitrogens with one attached hydrogen (secondary N) is 1. The fourth-order valence-electron chi connectivity index (χ4n) is 1.23. The molecule has 0 radical (unpaired) electrons. The number of methoxy groups -OCH3 is 1. The van der Waals surface area contributed by atoms with Crippen molar-refractivity contribution < 1.29 is 9.13 Å². The van der Waals surface area contributed by atoms with Gasteiger partial charge in [0.05, 0.1) is 5.69 Å². The number of hydrogen-bond donors (Lipinski definition) is 1. The van der Waals surface area contributed by atoms with Gasteiger partial charge in [-0.1, -0.05) is 11.6 Å². The highest BCUT2D eigenvalue weighted by atomic mass is 35.5. The zero-order valence-electron chi connectivity index (χ0n) is 8.72. The minimum absolute atomic E-state index is 0.311. The summed E-state index contributed by atoms with van der Waals surface area (Å²) in [4.78, 5) is 0. The lowest BCUT2D eigenvalue weighted by Gasteiger charge is -2.07. The lowest BCUT2D eigenvalue weighted by Crippen LogP contribution is -2.04. The highest BCUT2D eigenvalue weighted by molar-refractivity contribution is 6.30. The van der Waals surface area contributed by atoms with Crippen molar-refractivity contribution in [1.82, 2.24) is 0 Å². The predicted octanol–water partition coefficient (Wildman–Crippen LogP) is 3.32. The third kappa shape index (κ3) is 4.49. The van der Waals surface area contributed by atoms with Crippen LogP contribution in [0.4, 0.5) is 10.1 Å². The van der Waals surface area contributed by atoms with E-state index >= 15 is 0 Å². The van der Waals surface area contributed by atoms with Crippen molar-refractivity contribution in [3.8, 4) is 0 Å². The first-order valence-electron chi connectivity index (χ1n) is 4.92. The zero-order chi connectivity index (χ0) is 11.1. The van der Waals surface area contributed by atoms with Crippen molar-refractivity contribution >= 4 is 17.3 Å². The smallest absolute Gasteiger partial charge is 0.147 e. The van der Waals surface area contributed by atoms with Crippen molar-refractivity contribution in [3.63, 3.8) is 0 Å². The van der Waals surface area contributed by atoms with E-state index in [1.807, 2.05) is 0 Å². The van der Waals surface area contributed by atoms with E-state index in [2.05, 4.69) is 5.32 Å². The zero-order valence-corrected chi connectivity index (χ0v) is 9.48. The van der Waals surface area contributed by atoms with E-state index in [0.29, 0.717) is 10.7 Å². The van der Waals surface area contributed by atoms with Gasteiger partial charge in [-0.2, -0.15) is 0 Å². The fourth-order valence-corrected chi connectivity index (χ4v) is 1.39. The molecule has 0 aliphatic heterocycles. The monoisotopic (exact) mass is 231 g/mol. The van der Waals surface area contributed by atoms with Gasteiger partial charge in [-0.15, -0.1) is 0 Å². The first-order valence-corrected chi connectivity index (χ1v) is 5.29. The molecule has 0 saturated carbocycles. The maximum absolute atomic E-state index is 13.3. The Labute approximate surface area is 94.4 Å². The largest absolute Gasteiger partial charge is 0.385 e. The van der Waals surface area contributed by atoms with E-state index in [-0.39, 0.29) is 5.82 Å². The maximum atomic E-state index is 13.3. The van der Waals surface area contributed by atoms with Crippen LogP contribution in [0.25, 0.3) is 0 Å². The van der Waals surface area contributed by atoms with Crippen molar-refractivity contribution in [2.75, 3.05) is 25.6 Å². The lowest BCUT2D eigenvalue weighted by atomic mass is 10.2. The Kier molecular flexibility index (Phi) is 5.43. The van der Waals surface area contributed by atoms with Crippen LogP contribution in [-0.2, 0) is 4.74 Å². The quantitative estimate of drug-likeness (QED) is 0.759. The molecule has 1 N–H and O–H groups in total. The molecule has 0 heterocycles. The molecule has 1 rings (SSSR count). The molecule has 4 heteroatoms. The predicted molar refractivity (Wildman–Crippen MR) is 61.0 cm³/mol. The Balaban J connectivity index is 2.31. The molecule has 0 fully saturated rings. The summed E-state index contributed by atoms with van der Waals surface area (Å²) in [5.41, 5.74) is 0.497. The number of unbranched alkanes of at least 4 members (excludes halogenated alkanes) is 1. The second-order valence-electron chi connectivity index (χ2n) is 3.25. The van der Waals surface area contributed by atoms with Gasteiger partial charge in [0.25, 0.3) is 0 Å². The average Bonchev–Trinajstić information content (AvgIpc) is 2.20. The van der Waals surface area contributed by atoms with Crippen molar-refractivity contribution in [2.45, 2.75) is 12.8 Å². The molecule has 0 aliphatic carbocycles. The molecular formula is C11H15ClFNO. The molecule has 2 nitrogen and oxygen atoms in total. The van der Waals surface area contributed by atoms with Crippen LogP contribution in [0.2, 0.25) is 5.02 Å². The molecule has 0 saturated heterocycles. The van der Waals surface area contributed by atoms with Crippen LogP contribution in [0, 0.1) is 5.82 Å². The summed E-state index contributed by atoms with van der Waals surface area (Å²) >= 11 is 5.64. The molecular weight excluding hydrogens is 217 g/mol. The van der Waals surface area contributed by atoms with Gasteiger partial charge in [0.15, 0.2) is 0 Å². The number of halogens is 2. The molecule has 0 atom stereocenters. The van der Waals surface area contributed by atoms with Crippen LogP contribution in [0.15, 0.2) is 18.2 Å². The van der Waals surface area contributed by atoms with Gasteiger partial charge in [0.1, 0.15) is 5.82 Å². The molecule has 84 valence electrons. The van der Waals surface area contributed by atoms with Crippen LogP contribution < -0.4 is 5.32 Å². The van der Waals surface area contributed by atoms with E-state index in [9.17, 15) is 4.39 Å². The van der Waals surface area contributed by atoms with E-state index in [1.165, 1.54) is 6.07 Å². The Morgan fingerprint density at radius 3 is 2.87 bits per heavy atom. The molecule has 15 heavy (non-hydrogen) atoms. The van der Waals surface area contributed by atoms with E-state index in [0.717, 1.165) is 26.0 Å². The highest BCUT2D eigenvalue weighted by Gasteiger charge is 2.01. The SMILES string of the molecule is COCCCCNc1ccc(Cl)cc1F. The Bertz CT molecular complexity index is 307. The molecule has 0 unspecified atom stereocenters. The van der Waals surface area contributed by atoms with Crippen LogP contribution in [0.1, 0.15) is 12.8 Å². The Morgan fingerprint density at radius 1 is 1.40 bits per heavy atom. The summed E-state index contributed by atoms with van der Waals surface area (Å²) in [6, 6.07) is 4.62. The van der Waals surface area contributed by atoms with Gasteiger partial charge in [-0.25, -0.2) is 4.39 Å².